The molecule has 1 aromatic carbocycles. The van der Waals surface area contributed by atoms with Crippen LogP contribution in [0.1, 0.15) is 76.0 Å². The number of carboxylic acids is 1. The fourth-order valence-electron chi connectivity index (χ4n) is 5.43. The Hall–Kier alpha value is -0.140. The molecule has 0 aromatic heterocycles. The summed E-state index contributed by atoms with van der Waals surface area (Å²) >= 11 is 0. The molecule has 0 spiro atoms. The Balaban J connectivity index is 0.00000261. The second-order valence-electron chi connectivity index (χ2n) is 8.72. The maximum absolute atomic E-state index is 11.9. The number of carboxylic acid groups (broad SMARTS) is 1. The number of benzene rings is 1. The van der Waals surface area contributed by atoms with E-state index in [0.717, 1.165) is 30.4 Å². The van der Waals surface area contributed by atoms with Gasteiger partial charge in [0.05, 0.1) is 4.90 Å². The fourth-order valence-corrected chi connectivity index (χ4v) is 6.27. The molecular formula is C20H26CaO5S. The number of rotatable bonds is 3. The van der Waals surface area contributed by atoms with Crippen LogP contribution in [0, 0.1) is 11.3 Å². The van der Waals surface area contributed by atoms with E-state index in [1.54, 1.807) is 13.0 Å². The largest absolute Gasteiger partial charge is 2.00 e. The Kier molecular flexibility index (Phi) is 6.51. The summed E-state index contributed by atoms with van der Waals surface area (Å²) in [6, 6.07) is 3.40. The molecule has 0 saturated heterocycles. The Bertz CT molecular complexity index is 863. The van der Waals surface area contributed by atoms with Crippen LogP contribution in [0.5, 0.6) is 0 Å². The average Bonchev–Trinajstić information content (AvgIpc) is 2.52. The molecule has 144 valence electrons. The van der Waals surface area contributed by atoms with E-state index in [2.05, 4.69) is 0 Å². The van der Waals surface area contributed by atoms with E-state index in [1.807, 2.05) is 26.8 Å². The Morgan fingerprint density at radius 2 is 1.85 bits per heavy atom. The van der Waals surface area contributed by atoms with Crippen molar-refractivity contribution in [1.82, 2.24) is 0 Å². The molecule has 1 saturated carbocycles. The molecule has 5 nitrogen and oxygen atoms in total. The van der Waals surface area contributed by atoms with Gasteiger partial charge in [-0.25, -0.2) is 8.42 Å². The van der Waals surface area contributed by atoms with E-state index >= 15 is 0 Å². The molecular weight excluding hydrogens is 392 g/mol. The molecule has 1 aromatic rings. The minimum atomic E-state index is -4.60. The van der Waals surface area contributed by atoms with Crippen molar-refractivity contribution in [3.63, 3.8) is 0 Å². The van der Waals surface area contributed by atoms with Crippen molar-refractivity contribution in [2.75, 3.05) is 0 Å². The van der Waals surface area contributed by atoms with Gasteiger partial charge in [0.25, 0.3) is 0 Å². The number of fused-ring (bicyclic) bond motifs is 3. The zero-order valence-electron chi connectivity index (χ0n) is 16.5. The van der Waals surface area contributed by atoms with Crippen LogP contribution in [-0.4, -0.2) is 56.7 Å². The van der Waals surface area contributed by atoms with Crippen LogP contribution < -0.4 is 5.11 Å². The number of hydrogen-bond acceptors (Lipinski definition) is 5. The van der Waals surface area contributed by atoms with Crippen LogP contribution in [0.25, 0.3) is 0 Å². The van der Waals surface area contributed by atoms with Crippen molar-refractivity contribution in [3.05, 3.63) is 28.8 Å². The molecule has 0 aliphatic heterocycles. The van der Waals surface area contributed by atoms with Crippen molar-refractivity contribution in [2.45, 2.75) is 76.0 Å². The van der Waals surface area contributed by atoms with Gasteiger partial charge in [-0.15, -0.1) is 0 Å². The first-order valence-corrected chi connectivity index (χ1v) is 10.7. The van der Waals surface area contributed by atoms with Crippen LogP contribution in [0.2, 0.25) is 0 Å². The summed E-state index contributed by atoms with van der Waals surface area (Å²) in [6.07, 6.45) is 3.52. The van der Waals surface area contributed by atoms with Crippen LogP contribution in [0.15, 0.2) is 17.0 Å². The molecule has 0 heterocycles. The third kappa shape index (κ3) is 3.73. The van der Waals surface area contributed by atoms with E-state index in [-0.39, 0.29) is 54.5 Å². The Morgan fingerprint density at radius 3 is 2.37 bits per heavy atom. The van der Waals surface area contributed by atoms with Gasteiger partial charge in [0.2, 0.25) is 0 Å². The molecule has 0 radical (unpaired) electrons. The Labute approximate surface area is 191 Å². The molecule has 0 N–H and O–H groups in total. The minimum absolute atomic E-state index is 0. The van der Waals surface area contributed by atoms with Crippen LogP contribution in [-0.2, 0) is 26.7 Å². The molecule has 27 heavy (non-hydrogen) atoms. The summed E-state index contributed by atoms with van der Waals surface area (Å²) in [5, 5.41) is 11.9. The zero-order chi connectivity index (χ0) is 19.5. The first-order chi connectivity index (χ1) is 11.9. The normalized spacial score (nSPS) is 30.2. The standard InChI is InChI=1S/C20H28O5S.Ca/c1-12(2)14-10-13-6-7-17-19(3,8-5-9-20(17,4)18(21)22)15(13)11-16(14)26(23,24)25;/h10-12,17H,5-9H2,1-4H3,(H,21,22)(H,23,24,25);/q;+2/p-2/t17-,19+,20-;/m1./s1. The number of hydrogen-bond donors (Lipinski definition) is 0. The monoisotopic (exact) mass is 418 g/mol. The molecule has 2 aliphatic carbocycles. The van der Waals surface area contributed by atoms with Crippen LogP contribution in [0.3, 0.4) is 0 Å². The van der Waals surface area contributed by atoms with E-state index < -0.39 is 26.9 Å². The van der Waals surface area contributed by atoms with Gasteiger partial charge in [-0.2, -0.15) is 0 Å². The molecule has 0 bridgehead atoms. The smallest absolute Gasteiger partial charge is 0.744 e. The van der Waals surface area contributed by atoms with Crippen molar-refractivity contribution in [3.8, 4) is 0 Å². The molecule has 2 aliphatic rings. The predicted molar refractivity (Wildman–Crippen MR) is 100 cm³/mol. The summed E-state index contributed by atoms with van der Waals surface area (Å²) < 4.78 is 35.7. The van der Waals surface area contributed by atoms with E-state index in [0.29, 0.717) is 18.4 Å². The number of carbonyl (C=O) groups excluding carboxylic acids is 1. The van der Waals surface area contributed by atoms with E-state index in [9.17, 15) is 22.9 Å². The van der Waals surface area contributed by atoms with Gasteiger partial charge < -0.3 is 14.5 Å². The number of aryl methyl sites for hydroxylation is 1. The summed E-state index contributed by atoms with van der Waals surface area (Å²) in [6.45, 7) is 7.52. The summed E-state index contributed by atoms with van der Waals surface area (Å²) in [5.41, 5.74) is 1.04. The molecule has 7 heteroatoms. The molecule has 0 unspecified atom stereocenters. The van der Waals surface area contributed by atoms with Crippen LogP contribution in [0.4, 0.5) is 0 Å². The molecule has 3 rings (SSSR count). The van der Waals surface area contributed by atoms with Crippen molar-refractivity contribution < 1.29 is 22.9 Å². The second kappa shape index (κ2) is 7.60. The van der Waals surface area contributed by atoms with E-state index in [4.69, 9.17) is 0 Å². The SMILES string of the molecule is CC(C)c1cc2c(cc1S(=O)(=O)[O-])[C@]1(C)CCC[C@@](C)(C(=O)[O-])[C@@H]1CC2.[Ca+2]. The maximum Gasteiger partial charge on any atom is 2.00 e. The third-order valence-corrected chi connectivity index (χ3v) is 7.73. The van der Waals surface area contributed by atoms with Gasteiger partial charge in [-0.1, -0.05) is 40.2 Å². The zero-order valence-corrected chi connectivity index (χ0v) is 19.5. The van der Waals surface area contributed by atoms with Crippen molar-refractivity contribution in [1.29, 1.82) is 0 Å². The van der Waals surface area contributed by atoms with Gasteiger partial charge in [0.15, 0.2) is 0 Å². The Morgan fingerprint density at radius 1 is 1.22 bits per heavy atom. The number of carbonyl (C=O) groups is 1. The topological polar surface area (TPSA) is 97.3 Å². The van der Waals surface area contributed by atoms with Gasteiger partial charge >= 0.3 is 37.7 Å². The second-order valence-corrected chi connectivity index (χ2v) is 10.1. The first-order valence-electron chi connectivity index (χ1n) is 9.26. The van der Waals surface area contributed by atoms with Gasteiger partial charge in [0.1, 0.15) is 10.1 Å². The number of aliphatic carboxylic acids is 1. The summed E-state index contributed by atoms with van der Waals surface area (Å²) in [4.78, 5) is 11.7. The van der Waals surface area contributed by atoms with Gasteiger partial charge in [0, 0.05) is 11.4 Å². The molecule has 0 amide bonds. The third-order valence-electron chi connectivity index (χ3n) is 6.84. The van der Waals surface area contributed by atoms with Crippen molar-refractivity contribution >= 4 is 53.8 Å². The van der Waals surface area contributed by atoms with Gasteiger partial charge in [-0.3, -0.25) is 0 Å². The fraction of sp³-hybridized carbons (Fsp3) is 0.650. The molecule has 3 atom stereocenters. The predicted octanol–water partition coefficient (Wildman–Crippen LogP) is 2.09. The molecule has 1 fully saturated rings. The summed E-state index contributed by atoms with van der Waals surface area (Å²) in [5.74, 6) is -1.25. The minimum Gasteiger partial charge on any atom is -0.744 e. The quantitative estimate of drug-likeness (QED) is 0.553. The van der Waals surface area contributed by atoms with Crippen LogP contribution >= 0.6 is 0 Å². The van der Waals surface area contributed by atoms with E-state index in [1.165, 1.54) is 0 Å². The average molecular weight is 419 g/mol. The van der Waals surface area contributed by atoms with Gasteiger partial charge in [-0.05, 0) is 65.7 Å². The maximum atomic E-state index is 11.9. The van der Waals surface area contributed by atoms with Crippen molar-refractivity contribution in [2.24, 2.45) is 11.3 Å². The first kappa shape index (κ1) is 23.1. The summed E-state index contributed by atoms with van der Waals surface area (Å²) in [7, 11) is -4.60.